The molecular weight excluding hydrogens is 380 g/mol. The molecule has 4 aliphatic carbocycles. The molecule has 31 heavy (non-hydrogen) atoms. The molecule has 0 spiro atoms. The van der Waals surface area contributed by atoms with Crippen LogP contribution in [0.2, 0.25) is 0 Å². The molecule has 8 atom stereocenters. The zero-order chi connectivity index (χ0) is 22.8. The van der Waals surface area contributed by atoms with Crippen molar-refractivity contribution in [2.75, 3.05) is 0 Å². The molecule has 3 fully saturated rings. The Bertz CT molecular complexity index is 785. The second-order valence-corrected chi connectivity index (χ2v) is 13.0. The van der Waals surface area contributed by atoms with E-state index in [9.17, 15) is 9.90 Å². The summed E-state index contributed by atoms with van der Waals surface area (Å²) in [7, 11) is 0. The molecule has 0 amide bonds. The fraction of sp³-hybridized carbons (Fsp3) is 0.828. The van der Waals surface area contributed by atoms with Crippen molar-refractivity contribution in [2.24, 2.45) is 45.8 Å². The van der Waals surface area contributed by atoms with Crippen LogP contribution in [0.1, 0.15) is 99.8 Å². The number of hydrogen-bond acceptors (Lipinski definition) is 2. The summed E-state index contributed by atoms with van der Waals surface area (Å²) in [4.78, 5) is 13.9. The molecule has 0 saturated heterocycles. The Morgan fingerprint density at radius 1 is 1.19 bits per heavy atom. The zero-order valence-corrected chi connectivity index (χ0v) is 21.1. The number of ketones is 1. The first-order valence-electron chi connectivity index (χ1n) is 13.0. The predicted octanol–water partition coefficient (Wildman–Crippen LogP) is 7.12. The van der Waals surface area contributed by atoms with Gasteiger partial charge >= 0.3 is 0 Å². The van der Waals surface area contributed by atoms with Gasteiger partial charge in [0.05, 0.1) is 6.10 Å². The SMILES string of the molecule is CC(C)=CCC[C@@H](C)[C@H]1CC[C@H]2[C@@H]3CC=C4C(C)(C)C(O)CC[C@]4(C)[C@H]3C(=O)C[C@]12C. The van der Waals surface area contributed by atoms with E-state index in [0.717, 1.165) is 25.7 Å². The van der Waals surface area contributed by atoms with E-state index < -0.39 is 0 Å². The molecule has 2 nitrogen and oxygen atoms in total. The Labute approximate surface area is 191 Å². The molecule has 0 aromatic rings. The van der Waals surface area contributed by atoms with Crippen molar-refractivity contribution in [1.82, 2.24) is 0 Å². The average molecular weight is 427 g/mol. The van der Waals surface area contributed by atoms with Crippen LogP contribution in [0.15, 0.2) is 23.3 Å². The molecule has 1 N–H and O–H groups in total. The molecule has 174 valence electrons. The lowest BCUT2D eigenvalue weighted by molar-refractivity contribution is -0.147. The van der Waals surface area contributed by atoms with Gasteiger partial charge in [0.1, 0.15) is 5.78 Å². The van der Waals surface area contributed by atoms with Gasteiger partial charge in [-0.3, -0.25) is 4.79 Å². The summed E-state index contributed by atoms with van der Waals surface area (Å²) < 4.78 is 0. The molecule has 0 radical (unpaired) electrons. The number of aliphatic hydroxyl groups excluding tert-OH is 1. The molecule has 1 unspecified atom stereocenters. The third-order valence-corrected chi connectivity index (χ3v) is 10.6. The van der Waals surface area contributed by atoms with E-state index in [0.29, 0.717) is 29.5 Å². The smallest absolute Gasteiger partial charge is 0.137 e. The lowest BCUT2D eigenvalue weighted by Crippen LogP contribution is -2.57. The molecule has 0 bridgehead atoms. The normalized spacial score (nSPS) is 44.6. The van der Waals surface area contributed by atoms with Gasteiger partial charge in [-0.25, -0.2) is 0 Å². The van der Waals surface area contributed by atoms with Crippen LogP contribution < -0.4 is 0 Å². The van der Waals surface area contributed by atoms with Gasteiger partial charge in [-0.05, 0) is 93.3 Å². The van der Waals surface area contributed by atoms with Gasteiger partial charge in [0.2, 0.25) is 0 Å². The molecule has 0 aromatic heterocycles. The monoisotopic (exact) mass is 426 g/mol. The predicted molar refractivity (Wildman–Crippen MR) is 129 cm³/mol. The Hall–Kier alpha value is -0.890. The zero-order valence-electron chi connectivity index (χ0n) is 21.1. The maximum atomic E-state index is 13.9. The molecule has 3 saturated carbocycles. The van der Waals surface area contributed by atoms with Crippen molar-refractivity contribution in [3.05, 3.63) is 23.3 Å². The van der Waals surface area contributed by atoms with Gasteiger partial charge < -0.3 is 5.11 Å². The number of carbonyl (C=O) groups excluding carboxylic acids is 1. The van der Waals surface area contributed by atoms with Crippen LogP contribution in [0.3, 0.4) is 0 Å². The lowest BCUT2D eigenvalue weighted by atomic mass is 9.44. The van der Waals surface area contributed by atoms with Crippen LogP contribution in [0.5, 0.6) is 0 Å². The molecule has 4 aliphatic rings. The van der Waals surface area contributed by atoms with Crippen LogP contribution in [-0.4, -0.2) is 17.0 Å². The first-order chi connectivity index (χ1) is 14.4. The number of aliphatic hydroxyl groups is 1. The minimum atomic E-state index is -0.287. The van der Waals surface area contributed by atoms with Gasteiger partial charge in [0.15, 0.2) is 0 Å². The second kappa shape index (κ2) is 7.86. The minimum absolute atomic E-state index is 0.0583. The van der Waals surface area contributed by atoms with E-state index in [1.54, 1.807) is 0 Å². The van der Waals surface area contributed by atoms with Crippen LogP contribution in [0.4, 0.5) is 0 Å². The topological polar surface area (TPSA) is 37.3 Å². The number of carbonyl (C=O) groups is 1. The highest BCUT2D eigenvalue weighted by atomic mass is 16.3. The summed E-state index contributed by atoms with van der Waals surface area (Å²) >= 11 is 0. The minimum Gasteiger partial charge on any atom is -0.392 e. The van der Waals surface area contributed by atoms with E-state index in [2.05, 4.69) is 60.6 Å². The van der Waals surface area contributed by atoms with Crippen molar-refractivity contribution >= 4 is 5.78 Å². The molecule has 0 heterocycles. The van der Waals surface area contributed by atoms with E-state index in [-0.39, 0.29) is 28.3 Å². The standard InChI is InChI=1S/C29H46O2/c1-18(2)9-8-10-19(3)21-12-13-22-20-11-14-24-27(4,5)25(31)15-16-28(24,6)26(20)23(30)17-29(21,22)7/h9,14,19-22,25-26,31H,8,10-13,15-17H2,1-7H3/t19-,20+,21-,22+,25?,26-,28+,29-/m1/s1. The van der Waals surface area contributed by atoms with Crippen LogP contribution >= 0.6 is 0 Å². The molecule has 4 rings (SSSR count). The van der Waals surface area contributed by atoms with Crippen molar-refractivity contribution in [3.63, 3.8) is 0 Å². The summed E-state index contributed by atoms with van der Waals surface area (Å²) in [5, 5.41) is 10.7. The Morgan fingerprint density at radius 3 is 2.58 bits per heavy atom. The Morgan fingerprint density at radius 2 is 1.90 bits per heavy atom. The number of fused-ring (bicyclic) bond motifs is 5. The van der Waals surface area contributed by atoms with E-state index in [1.165, 1.54) is 36.8 Å². The fourth-order valence-corrected chi connectivity index (χ4v) is 9.03. The van der Waals surface area contributed by atoms with E-state index in [4.69, 9.17) is 0 Å². The van der Waals surface area contributed by atoms with Gasteiger partial charge in [-0.15, -0.1) is 0 Å². The van der Waals surface area contributed by atoms with Crippen molar-refractivity contribution in [2.45, 2.75) is 106 Å². The quantitative estimate of drug-likeness (QED) is 0.486. The van der Waals surface area contributed by atoms with Crippen LogP contribution in [0.25, 0.3) is 0 Å². The maximum absolute atomic E-state index is 13.9. The summed E-state index contributed by atoms with van der Waals surface area (Å²) in [6, 6.07) is 0. The van der Waals surface area contributed by atoms with Crippen LogP contribution in [0, 0.1) is 45.8 Å². The maximum Gasteiger partial charge on any atom is 0.137 e. The van der Waals surface area contributed by atoms with E-state index >= 15 is 0 Å². The molecule has 2 heteroatoms. The Balaban J connectivity index is 1.62. The average Bonchev–Trinajstić information content (AvgIpc) is 3.01. The summed E-state index contributed by atoms with van der Waals surface area (Å²) in [6.45, 7) is 16.0. The van der Waals surface area contributed by atoms with Gasteiger partial charge in [-0.1, -0.05) is 57.9 Å². The summed E-state index contributed by atoms with van der Waals surface area (Å²) in [6.07, 6.45) is 13.2. The number of allylic oxidation sites excluding steroid dienone is 3. The molecule has 0 aliphatic heterocycles. The third kappa shape index (κ3) is 3.51. The van der Waals surface area contributed by atoms with Gasteiger partial charge in [0, 0.05) is 17.8 Å². The number of Topliss-reactive ketones (excluding diaryl/α,β-unsaturated/α-hetero) is 1. The van der Waals surface area contributed by atoms with Crippen molar-refractivity contribution in [1.29, 1.82) is 0 Å². The second-order valence-electron chi connectivity index (χ2n) is 13.0. The highest BCUT2D eigenvalue weighted by molar-refractivity contribution is 5.85. The Kier molecular flexibility index (Phi) is 5.90. The fourth-order valence-electron chi connectivity index (χ4n) is 9.03. The van der Waals surface area contributed by atoms with Gasteiger partial charge in [-0.2, -0.15) is 0 Å². The third-order valence-electron chi connectivity index (χ3n) is 10.6. The first kappa shape index (κ1) is 23.3. The largest absolute Gasteiger partial charge is 0.392 e. The molecule has 0 aromatic carbocycles. The number of rotatable bonds is 4. The van der Waals surface area contributed by atoms with Crippen LogP contribution in [-0.2, 0) is 4.79 Å². The van der Waals surface area contributed by atoms with Crippen molar-refractivity contribution < 1.29 is 9.90 Å². The number of hydrogen-bond donors (Lipinski definition) is 1. The highest BCUT2D eigenvalue weighted by Crippen LogP contribution is 2.68. The van der Waals surface area contributed by atoms with Crippen molar-refractivity contribution in [3.8, 4) is 0 Å². The summed E-state index contributed by atoms with van der Waals surface area (Å²) in [5.74, 6) is 3.24. The van der Waals surface area contributed by atoms with E-state index in [1.807, 2.05) is 0 Å². The summed E-state index contributed by atoms with van der Waals surface area (Å²) in [5.41, 5.74) is 2.69. The van der Waals surface area contributed by atoms with Gasteiger partial charge in [0.25, 0.3) is 0 Å². The lowest BCUT2D eigenvalue weighted by Gasteiger charge is -2.60. The highest BCUT2D eigenvalue weighted by Gasteiger charge is 2.63. The first-order valence-corrected chi connectivity index (χ1v) is 13.0. The molecular formula is C29H46O2.